The van der Waals surface area contributed by atoms with Crippen LogP contribution in [0.5, 0.6) is 11.5 Å². The number of carboxylic acid groups (broad SMARTS) is 1. The number of fused-ring (bicyclic) bond motifs is 1. The fourth-order valence-electron chi connectivity index (χ4n) is 4.25. The number of methoxy groups -OCH3 is 1. The zero-order valence-electron chi connectivity index (χ0n) is 19.9. The molecule has 1 amide bonds. The molecule has 37 heavy (non-hydrogen) atoms. The molecule has 0 atom stereocenters. The average molecular weight is 494 g/mol. The first-order chi connectivity index (χ1) is 18.0. The molecule has 0 fully saturated rings. The SMILES string of the molecule is COc1ccc2c(c1)C(=NNc1cccc(-c3cccc(C(=O)O)c3)c1O)C(=O)N2Cc1ccccc1. The van der Waals surface area contributed by atoms with Crippen LogP contribution < -0.4 is 15.1 Å². The molecular weight excluding hydrogens is 470 g/mol. The van der Waals surface area contributed by atoms with E-state index in [1.165, 1.54) is 12.1 Å². The third kappa shape index (κ3) is 4.60. The lowest BCUT2D eigenvalue weighted by molar-refractivity contribution is -0.112. The number of para-hydroxylation sites is 1. The Balaban J connectivity index is 1.49. The molecule has 184 valence electrons. The number of phenols is 1. The summed E-state index contributed by atoms with van der Waals surface area (Å²) < 4.78 is 5.36. The molecule has 4 aromatic rings. The molecule has 5 rings (SSSR count). The van der Waals surface area contributed by atoms with Crippen molar-refractivity contribution < 1.29 is 24.5 Å². The number of phenolic OH excluding ortho intramolecular Hbond substituents is 1. The number of benzene rings is 4. The van der Waals surface area contributed by atoms with Crippen LogP contribution in [0, 0.1) is 0 Å². The number of nitrogens with zero attached hydrogens (tertiary/aromatic N) is 2. The molecule has 0 aromatic heterocycles. The Morgan fingerprint density at radius 1 is 0.946 bits per heavy atom. The molecule has 0 saturated carbocycles. The largest absolute Gasteiger partial charge is 0.505 e. The van der Waals surface area contributed by atoms with E-state index >= 15 is 0 Å². The highest BCUT2D eigenvalue weighted by atomic mass is 16.5. The quantitative estimate of drug-likeness (QED) is 0.243. The number of hydrogen-bond donors (Lipinski definition) is 3. The number of hydrogen-bond acceptors (Lipinski definition) is 6. The van der Waals surface area contributed by atoms with Crippen molar-refractivity contribution in [3.63, 3.8) is 0 Å². The van der Waals surface area contributed by atoms with Gasteiger partial charge in [0.1, 0.15) is 11.5 Å². The van der Waals surface area contributed by atoms with Crippen molar-refractivity contribution in [2.45, 2.75) is 6.54 Å². The fourth-order valence-corrected chi connectivity index (χ4v) is 4.25. The number of anilines is 2. The van der Waals surface area contributed by atoms with Gasteiger partial charge >= 0.3 is 5.97 Å². The van der Waals surface area contributed by atoms with Crippen LogP contribution in [0.4, 0.5) is 11.4 Å². The highest BCUT2D eigenvalue weighted by molar-refractivity contribution is 6.54. The fraction of sp³-hybridized carbons (Fsp3) is 0.0690. The number of carbonyl (C=O) groups is 2. The summed E-state index contributed by atoms with van der Waals surface area (Å²) in [7, 11) is 1.55. The Morgan fingerprint density at radius 2 is 1.73 bits per heavy atom. The predicted molar refractivity (Wildman–Crippen MR) is 141 cm³/mol. The van der Waals surface area contributed by atoms with Crippen LogP contribution in [-0.4, -0.2) is 34.9 Å². The molecule has 0 radical (unpaired) electrons. The number of rotatable bonds is 7. The minimum atomic E-state index is -1.06. The summed E-state index contributed by atoms with van der Waals surface area (Å²) >= 11 is 0. The van der Waals surface area contributed by atoms with Crippen LogP contribution in [0.1, 0.15) is 21.5 Å². The van der Waals surface area contributed by atoms with E-state index in [0.29, 0.717) is 34.7 Å². The second kappa shape index (κ2) is 9.87. The minimum absolute atomic E-state index is 0.108. The van der Waals surface area contributed by atoms with Crippen molar-refractivity contribution in [3.8, 4) is 22.6 Å². The lowest BCUT2D eigenvalue weighted by atomic mass is 10.0. The molecule has 1 aliphatic heterocycles. The maximum Gasteiger partial charge on any atom is 0.335 e. The van der Waals surface area contributed by atoms with E-state index in [1.54, 1.807) is 54.5 Å². The second-order valence-electron chi connectivity index (χ2n) is 8.42. The highest BCUT2D eigenvalue weighted by Gasteiger charge is 2.34. The van der Waals surface area contributed by atoms with Crippen LogP contribution in [0.25, 0.3) is 11.1 Å². The molecule has 0 spiro atoms. The van der Waals surface area contributed by atoms with Gasteiger partial charge in [-0.05, 0) is 47.5 Å². The van der Waals surface area contributed by atoms with E-state index < -0.39 is 5.97 Å². The van der Waals surface area contributed by atoms with Crippen molar-refractivity contribution in [2.75, 3.05) is 17.4 Å². The zero-order chi connectivity index (χ0) is 25.9. The lowest BCUT2D eigenvalue weighted by Gasteiger charge is -2.17. The molecule has 8 nitrogen and oxygen atoms in total. The van der Waals surface area contributed by atoms with Gasteiger partial charge in [0, 0.05) is 11.1 Å². The van der Waals surface area contributed by atoms with E-state index in [0.717, 1.165) is 5.56 Å². The topological polar surface area (TPSA) is 111 Å². The third-order valence-electron chi connectivity index (χ3n) is 6.13. The van der Waals surface area contributed by atoms with E-state index in [2.05, 4.69) is 10.5 Å². The van der Waals surface area contributed by atoms with Gasteiger partial charge in [0.25, 0.3) is 5.91 Å². The molecule has 8 heteroatoms. The number of carboxylic acids is 1. The van der Waals surface area contributed by atoms with Crippen LogP contribution in [0.2, 0.25) is 0 Å². The first-order valence-corrected chi connectivity index (χ1v) is 11.5. The van der Waals surface area contributed by atoms with E-state index in [9.17, 15) is 19.8 Å². The van der Waals surface area contributed by atoms with Crippen LogP contribution >= 0.6 is 0 Å². The number of hydrazone groups is 1. The maximum absolute atomic E-state index is 13.5. The monoisotopic (exact) mass is 493 g/mol. The summed E-state index contributed by atoms with van der Waals surface area (Å²) in [6, 6.07) is 26.3. The molecule has 0 bridgehead atoms. The molecule has 0 saturated heterocycles. The molecular formula is C29H23N3O5. The van der Waals surface area contributed by atoms with Crippen molar-refractivity contribution in [1.82, 2.24) is 0 Å². The smallest absolute Gasteiger partial charge is 0.335 e. The average Bonchev–Trinajstić information content (AvgIpc) is 3.18. The molecule has 1 heterocycles. The standard InChI is InChI=1S/C29H23N3O5/c1-37-21-13-14-25-23(16-21)26(28(34)32(25)17-18-7-3-2-4-8-18)31-30-24-12-6-11-22(27(24)33)19-9-5-10-20(15-19)29(35)36/h2-16,30,33H,17H2,1H3,(H,35,36). The van der Waals surface area contributed by atoms with Gasteiger partial charge in [0.05, 0.1) is 30.6 Å². The third-order valence-corrected chi connectivity index (χ3v) is 6.13. The summed E-state index contributed by atoms with van der Waals surface area (Å²) in [6.07, 6.45) is 0. The van der Waals surface area contributed by atoms with Gasteiger partial charge in [-0.2, -0.15) is 5.10 Å². The first-order valence-electron chi connectivity index (χ1n) is 11.5. The summed E-state index contributed by atoms with van der Waals surface area (Å²) in [5, 5.41) is 24.6. The van der Waals surface area contributed by atoms with Crippen molar-refractivity contribution >= 4 is 29.0 Å². The van der Waals surface area contributed by atoms with Gasteiger partial charge in [0.2, 0.25) is 0 Å². The number of ether oxygens (including phenoxy) is 1. The molecule has 4 aromatic carbocycles. The summed E-state index contributed by atoms with van der Waals surface area (Å²) in [5.41, 5.74) is 6.64. The van der Waals surface area contributed by atoms with Gasteiger partial charge < -0.3 is 19.8 Å². The summed E-state index contributed by atoms with van der Waals surface area (Å²) in [5.74, 6) is -0.879. The predicted octanol–water partition coefficient (Wildman–Crippen LogP) is 5.13. The van der Waals surface area contributed by atoms with E-state index in [1.807, 2.05) is 36.4 Å². The van der Waals surface area contributed by atoms with Gasteiger partial charge in [-0.25, -0.2) is 4.79 Å². The Hall–Kier alpha value is -5.11. The Labute approximate surface area is 213 Å². The highest BCUT2D eigenvalue weighted by Crippen LogP contribution is 2.37. The van der Waals surface area contributed by atoms with Crippen LogP contribution in [-0.2, 0) is 11.3 Å². The molecule has 1 aliphatic rings. The van der Waals surface area contributed by atoms with E-state index in [4.69, 9.17) is 4.74 Å². The minimum Gasteiger partial charge on any atom is -0.505 e. The Morgan fingerprint density at radius 3 is 2.49 bits per heavy atom. The molecule has 0 aliphatic carbocycles. The molecule has 0 unspecified atom stereocenters. The van der Waals surface area contributed by atoms with Crippen LogP contribution in [0.3, 0.4) is 0 Å². The zero-order valence-corrected chi connectivity index (χ0v) is 19.9. The number of aromatic hydroxyl groups is 1. The van der Waals surface area contributed by atoms with Gasteiger partial charge in [0.15, 0.2) is 5.71 Å². The van der Waals surface area contributed by atoms with Crippen molar-refractivity contribution in [2.24, 2.45) is 5.10 Å². The maximum atomic E-state index is 13.5. The van der Waals surface area contributed by atoms with Crippen molar-refractivity contribution in [3.05, 3.63) is 108 Å². The van der Waals surface area contributed by atoms with Gasteiger partial charge in [-0.3, -0.25) is 10.2 Å². The summed E-state index contributed by atoms with van der Waals surface area (Å²) in [4.78, 5) is 26.5. The second-order valence-corrected chi connectivity index (χ2v) is 8.42. The summed E-state index contributed by atoms with van der Waals surface area (Å²) in [6.45, 7) is 0.374. The van der Waals surface area contributed by atoms with Gasteiger partial charge in [-0.15, -0.1) is 0 Å². The normalized spacial score (nSPS) is 13.5. The number of amides is 1. The van der Waals surface area contributed by atoms with E-state index in [-0.39, 0.29) is 28.6 Å². The van der Waals surface area contributed by atoms with Crippen LogP contribution in [0.15, 0.2) is 96.1 Å². The first kappa shape index (κ1) is 23.6. The Kier molecular flexibility index (Phi) is 6.30. The van der Waals surface area contributed by atoms with Gasteiger partial charge in [-0.1, -0.05) is 54.6 Å². The number of carbonyl (C=O) groups excluding carboxylic acids is 1. The molecule has 3 N–H and O–H groups in total. The number of nitrogens with one attached hydrogen (secondary N) is 1. The Bertz CT molecular complexity index is 1530. The van der Waals surface area contributed by atoms with Crippen molar-refractivity contribution in [1.29, 1.82) is 0 Å². The number of aromatic carboxylic acids is 1. The lowest BCUT2D eigenvalue weighted by Crippen LogP contribution is -2.30.